The molecule has 2 N–H and O–H groups in total. The lowest BCUT2D eigenvalue weighted by Crippen LogP contribution is -2.48. The van der Waals surface area contributed by atoms with Crippen LogP contribution in [-0.4, -0.2) is 67.1 Å². The quantitative estimate of drug-likeness (QED) is 0.528. The van der Waals surface area contributed by atoms with E-state index in [1.165, 1.54) is 7.11 Å². The average Bonchev–Trinajstić information content (AvgIpc) is 2.30. The standard InChI is InChI=1S/C11H21N3O2S/c1-16-11(15)3-2-4-13-5-7-14(8-6-13)9-10(12)17/h2-9H2,1H3,(H2,12,17). The van der Waals surface area contributed by atoms with Gasteiger partial charge < -0.3 is 15.4 Å². The molecule has 0 aliphatic carbocycles. The van der Waals surface area contributed by atoms with Gasteiger partial charge in [-0.25, -0.2) is 0 Å². The minimum Gasteiger partial charge on any atom is -0.469 e. The van der Waals surface area contributed by atoms with Gasteiger partial charge in [0.2, 0.25) is 0 Å². The molecule has 1 saturated heterocycles. The topological polar surface area (TPSA) is 58.8 Å². The molecule has 17 heavy (non-hydrogen) atoms. The summed E-state index contributed by atoms with van der Waals surface area (Å²) in [6.45, 7) is 5.69. The Balaban J connectivity index is 2.10. The molecule has 98 valence electrons. The number of hydrogen-bond acceptors (Lipinski definition) is 5. The number of thiocarbonyl (C=S) groups is 1. The molecule has 1 aliphatic rings. The minimum atomic E-state index is -0.128. The molecule has 0 atom stereocenters. The molecule has 1 aliphatic heterocycles. The van der Waals surface area contributed by atoms with Crippen LogP contribution in [0.5, 0.6) is 0 Å². The van der Waals surface area contributed by atoms with Gasteiger partial charge in [-0.2, -0.15) is 0 Å². The van der Waals surface area contributed by atoms with Crippen LogP contribution < -0.4 is 5.73 Å². The fourth-order valence-electron chi connectivity index (χ4n) is 1.94. The van der Waals surface area contributed by atoms with Crippen LogP contribution in [0, 0.1) is 0 Å². The number of piperazine rings is 1. The van der Waals surface area contributed by atoms with E-state index in [-0.39, 0.29) is 5.97 Å². The van der Waals surface area contributed by atoms with E-state index in [0.717, 1.165) is 39.1 Å². The molecule has 0 saturated carbocycles. The Morgan fingerprint density at radius 1 is 1.29 bits per heavy atom. The summed E-state index contributed by atoms with van der Waals surface area (Å²) in [5.41, 5.74) is 5.51. The number of carbonyl (C=O) groups excluding carboxylic acids is 1. The van der Waals surface area contributed by atoms with E-state index >= 15 is 0 Å². The van der Waals surface area contributed by atoms with Crippen molar-refractivity contribution >= 4 is 23.2 Å². The van der Waals surface area contributed by atoms with E-state index in [2.05, 4.69) is 14.5 Å². The molecule has 0 spiro atoms. The Labute approximate surface area is 108 Å². The second kappa shape index (κ2) is 7.58. The van der Waals surface area contributed by atoms with Gasteiger partial charge in [-0.15, -0.1) is 0 Å². The third-order valence-corrected chi connectivity index (χ3v) is 3.06. The van der Waals surface area contributed by atoms with E-state index in [9.17, 15) is 4.79 Å². The van der Waals surface area contributed by atoms with Crippen LogP contribution in [0.1, 0.15) is 12.8 Å². The SMILES string of the molecule is COC(=O)CCCN1CCN(CC(N)=S)CC1. The number of esters is 1. The Morgan fingerprint density at radius 3 is 2.41 bits per heavy atom. The third-order valence-electron chi connectivity index (χ3n) is 2.93. The number of hydrogen-bond donors (Lipinski definition) is 1. The highest BCUT2D eigenvalue weighted by atomic mass is 32.1. The Morgan fingerprint density at radius 2 is 1.88 bits per heavy atom. The Bertz CT molecular complexity index is 265. The molecule has 0 aromatic carbocycles. The third kappa shape index (κ3) is 5.95. The maximum absolute atomic E-state index is 10.9. The summed E-state index contributed by atoms with van der Waals surface area (Å²) >= 11 is 4.89. The van der Waals surface area contributed by atoms with Crippen molar-refractivity contribution in [2.45, 2.75) is 12.8 Å². The van der Waals surface area contributed by atoms with Gasteiger partial charge in [0.05, 0.1) is 12.1 Å². The fraction of sp³-hybridized carbons (Fsp3) is 0.818. The second-order valence-electron chi connectivity index (χ2n) is 4.26. The molecule has 0 unspecified atom stereocenters. The lowest BCUT2D eigenvalue weighted by molar-refractivity contribution is -0.140. The minimum absolute atomic E-state index is 0.128. The van der Waals surface area contributed by atoms with E-state index in [1.54, 1.807) is 0 Å². The van der Waals surface area contributed by atoms with Crippen LogP contribution in [0.2, 0.25) is 0 Å². The highest BCUT2D eigenvalue weighted by molar-refractivity contribution is 7.80. The highest BCUT2D eigenvalue weighted by Crippen LogP contribution is 2.03. The van der Waals surface area contributed by atoms with Gasteiger partial charge in [0.15, 0.2) is 0 Å². The van der Waals surface area contributed by atoms with Crippen LogP contribution in [0.3, 0.4) is 0 Å². The van der Waals surface area contributed by atoms with Gasteiger partial charge >= 0.3 is 5.97 Å². The van der Waals surface area contributed by atoms with E-state index < -0.39 is 0 Å². The van der Waals surface area contributed by atoms with E-state index in [0.29, 0.717) is 18.0 Å². The summed E-state index contributed by atoms with van der Waals surface area (Å²) in [5, 5.41) is 0. The van der Waals surface area contributed by atoms with Crippen LogP contribution in [-0.2, 0) is 9.53 Å². The zero-order valence-electron chi connectivity index (χ0n) is 10.4. The summed E-state index contributed by atoms with van der Waals surface area (Å²) in [7, 11) is 1.43. The molecule has 0 radical (unpaired) electrons. The highest BCUT2D eigenvalue weighted by Gasteiger charge is 2.16. The predicted molar refractivity (Wildman–Crippen MR) is 70.9 cm³/mol. The Hall–Kier alpha value is -0.720. The molecule has 1 fully saturated rings. The van der Waals surface area contributed by atoms with Gasteiger partial charge in [-0.1, -0.05) is 12.2 Å². The summed E-state index contributed by atoms with van der Waals surface area (Å²) < 4.78 is 4.61. The van der Waals surface area contributed by atoms with Crippen molar-refractivity contribution in [1.82, 2.24) is 9.80 Å². The van der Waals surface area contributed by atoms with Crippen LogP contribution >= 0.6 is 12.2 Å². The van der Waals surface area contributed by atoms with Crippen molar-refractivity contribution < 1.29 is 9.53 Å². The number of ether oxygens (including phenoxy) is 1. The fourth-order valence-corrected chi connectivity index (χ4v) is 2.12. The summed E-state index contributed by atoms with van der Waals surface area (Å²) in [4.78, 5) is 16.1. The number of nitrogens with zero attached hydrogens (tertiary/aromatic N) is 2. The normalized spacial score (nSPS) is 17.9. The van der Waals surface area contributed by atoms with Crippen molar-refractivity contribution in [2.75, 3.05) is 46.4 Å². The van der Waals surface area contributed by atoms with Gasteiger partial charge in [0, 0.05) is 39.1 Å². The Kier molecular flexibility index (Phi) is 6.39. The monoisotopic (exact) mass is 259 g/mol. The first-order valence-electron chi connectivity index (χ1n) is 5.91. The lowest BCUT2D eigenvalue weighted by atomic mass is 10.2. The molecule has 0 bridgehead atoms. The summed E-state index contributed by atoms with van der Waals surface area (Å²) in [6.07, 6.45) is 1.37. The first-order chi connectivity index (χ1) is 8.11. The number of methoxy groups -OCH3 is 1. The predicted octanol–water partition coefficient (Wildman–Crippen LogP) is -0.157. The van der Waals surface area contributed by atoms with Crippen molar-refractivity contribution in [1.29, 1.82) is 0 Å². The van der Waals surface area contributed by atoms with Crippen molar-refractivity contribution in [3.8, 4) is 0 Å². The van der Waals surface area contributed by atoms with E-state index in [4.69, 9.17) is 18.0 Å². The number of carbonyl (C=O) groups is 1. The van der Waals surface area contributed by atoms with Crippen molar-refractivity contribution in [2.24, 2.45) is 5.73 Å². The largest absolute Gasteiger partial charge is 0.469 e. The lowest BCUT2D eigenvalue weighted by Gasteiger charge is -2.34. The number of rotatable bonds is 6. The number of nitrogens with two attached hydrogens (primary N) is 1. The zero-order chi connectivity index (χ0) is 12.7. The second-order valence-corrected chi connectivity index (χ2v) is 4.79. The van der Waals surface area contributed by atoms with E-state index in [1.807, 2.05) is 0 Å². The molecule has 1 heterocycles. The van der Waals surface area contributed by atoms with Crippen molar-refractivity contribution in [3.05, 3.63) is 0 Å². The van der Waals surface area contributed by atoms with Crippen LogP contribution in [0.4, 0.5) is 0 Å². The molecule has 0 aromatic rings. The first-order valence-corrected chi connectivity index (χ1v) is 6.32. The average molecular weight is 259 g/mol. The van der Waals surface area contributed by atoms with Gasteiger partial charge in [-0.05, 0) is 13.0 Å². The maximum atomic E-state index is 10.9. The van der Waals surface area contributed by atoms with Crippen LogP contribution in [0.25, 0.3) is 0 Å². The maximum Gasteiger partial charge on any atom is 0.305 e. The summed E-state index contributed by atoms with van der Waals surface area (Å²) in [6, 6.07) is 0. The smallest absolute Gasteiger partial charge is 0.305 e. The van der Waals surface area contributed by atoms with Crippen molar-refractivity contribution in [3.63, 3.8) is 0 Å². The molecule has 5 nitrogen and oxygen atoms in total. The molecule has 0 aromatic heterocycles. The molecular formula is C11H21N3O2S. The summed E-state index contributed by atoms with van der Waals surface area (Å²) in [5.74, 6) is -0.128. The molecule has 1 rings (SSSR count). The molecule has 6 heteroatoms. The van der Waals surface area contributed by atoms with Gasteiger partial charge in [0.25, 0.3) is 0 Å². The van der Waals surface area contributed by atoms with Gasteiger partial charge in [-0.3, -0.25) is 9.69 Å². The molecular weight excluding hydrogens is 238 g/mol. The zero-order valence-corrected chi connectivity index (χ0v) is 11.2. The first kappa shape index (κ1) is 14.3. The van der Waals surface area contributed by atoms with Crippen LogP contribution in [0.15, 0.2) is 0 Å². The molecule has 0 amide bonds. The van der Waals surface area contributed by atoms with Gasteiger partial charge in [0.1, 0.15) is 0 Å².